The first-order valence-corrected chi connectivity index (χ1v) is 14.4. The molecule has 136 valence electrons. The molecule has 0 aliphatic carbocycles. The van der Waals surface area contributed by atoms with Crippen LogP contribution in [0.3, 0.4) is 0 Å². The molecule has 0 saturated heterocycles. The van der Waals surface area contributed by atoms with Gasteiger partial charge in [0, 0.05) is 10.8 Å². The van der Waals surface area contributed by atoms with Crippen molar-refractivity contribution in [1.29, 1.82) is 0 Å². The molecule has 0 spiro atoms. The maximum atomic E-state index is 3.59. The summed E-state index contributed by atoms with van der Waals surface area (Å²) in [6, 6.07) is 6.73. The molecule has 2 rings (SSSR count). The van der Waals surface area contributed by atoms with Gasteiger partial charge in [0.15, 0.2) is 0 Å². The molecular weight excluding hydrogens is 368 g/mol. The van der Waals surface area contributed by atoms with Gasteiger partial charge in [-0.3, -0.25) is 0 Å². The Labute approximate surface area is 168 Å². The molecule has 0 amide bonds. The topological polar surface area (TPSA) is 0 Å². The fourth-order valence-corrected chi connectivity index (χ4v) is 4.55. The van der Waals surface area contributed by atoms with Gasteiger partial charge in [0.1, 0.15) is 8.07 Å². The Balaban J connectivity index is 2.72. The molecule has 0 N–H and O–H groups in total. The molecule has 0 bridgehead atoms. The molecule has 3 heteroatoms. The summed E-state index contributed by atoms with van der Waals surface area (Å²) < 4.78 is 0. The summed E-state index contributed by atoms with van der Waals surface area (Å²) in [5.74, 6) is 3.58. The van der Waals surface area contributed by atoms with Crippen LogP contribution in [0.25, 0.3) is 17.2 Å². The lowest BCUT2D eigenvalue weighted by Crippen LogP contribution is -2.16. The third-order valence-corrected chi connectivity index (χ3v) is 6.51. The van der Waals surface area contributed by atoms with Crippen molar-refractivity contribution in [3.8, 4) is 22.6 Å². The molecular formula is C23H28S2Si. The number of thioether (sulfide) groups is 1. The van der Waals surface area contributed by atoms with Gasteiger partial charge in [-0.25, -0.2) is 0 Å². The standard InChI is InChI=1S/C23H28S2Si/c1-7-9-22-20(18(3)25-14-8-2)10-11-21(19-12-15-24-17-19)23(22)13-16-26(4,5)6/h7-12,14-15,17-18H,1-6H3/b9-7-,14-8-. The van der Waals surface area contributed by atoms with Gasteiger partial charge in [0.05, 0.1) is 0 Å². The molecule has 0 saturated carbocycles. The third-order valence-electron chi connectivity index (χ3n) is 3.86. The van der Waals surface area contributed by atoms with Gasteiger partial charge in [-0.05, 0) is 65.3 Å². The van der Waals surface area contributed by atoms with Crippen molar-refractivity contribution in [1.82, 2.24) is 0 Å². The summed E-state index contributed by atoms with van der Waals surface area (Å²) in [4.78, 5) is 0. The van der Waals surface area contributed by atoms with Crippen molar-refractivity contribution in [3.05, 3.63) is 63.2 Å². The van der Waals surface area contributed by atoms with Crippen molar-refractivity contribution in [2.45, 2.75) is 45.7 Å². The Bertz CT molecular complexity index is 841. The van der Waals surface area contributed by atoms with Crippen LogP contribution in [0.2, 0.25) is 19.6 Å². The van der Waals surface area contributed by atoms with E-state index in [4.69, 9.17) is 0 Å². The highest BCUT2D eigenvalue weighted by atomic mass is 32.2. The van der Waals surface area contributed by atoms with Crippen LogP contribution in [0.4, 0.5) is 0 Å². The summed E-state index contributed by atoms with van der Waals surface area (Å²) in [6.07, 6.45) is 6.46. The molecule has 1 aromatic carbocycles. The minimum Gasteiger partial charge on any atom is -0.152 e. The van der Waals surface area contributed by atoms with Gasteiger partial charge in [0.2, 0.25) is 0 Å². The van der Waals surface area contributed by atoms with Crippen molar-refractivity contribution in [3.63, 3.8) is 0 Å². The average Bonchev–Trinajstić information content (AvgIpc) is 3.12. The molecule has 26 heavy (non-hydrogen) atoms. The zero-order valence-electron chi connectivity index (χ0n) is 16.6. The monoisotopic (exact) mass is 396 g/mol. The lowest BCUT2D eigenvalue weighted by molar-refractivity contribution is 1.10. The lowest BCUT2D eigenvalue weighted by atomic mass is 9.92. The molecule has 1 unspecified atom stereocenters. The molecule has 1 aromatic heterocycles. The number of rotatable bonds is 5. The van der Waals surface area contributed by atoms with Crippen LogP contribution in [0.1, 0.15) is 42.7 Å². The number of benzene rings is 1. The highest BCUT2D eigenvalue weighted by Crippen LogP contribution is 2.37. The van der Waals surface area contributed by atoms with Gasteiger partial charge in [-0.1, -0.05) is 55.9 Å². The Morgan fingerprint density at radius 2 is 1.88 bits per heavy atom. The van der Waals surface area contributed by atoms with E-state index in [0.29, 0.717) is 5.25 Å². The first-order chi connectivity index (χ1) is 12.4. The quantitative estimate of drug-likeness (QED) is 0.364. The Morgan fingerprint density at radius 3 is 2.46 bits per heavy atom. The predicted molar refractivity (Wildman–Crippen MR) is 126 cm³/mol. The fraction of sp³-hybridized carbons (Fsp3) is 0.304. The van der Waals surface area contributed by atoms with Crippen LogP contribution in [-0.4, -0.2) is 8.07 Å². The van der Waals surface area contributed by atoms with E-state index in [2.05, 4.69) is 104 Å². The molecule has 0 aliphatic heterocycles. The van der Waals surface area contributed by atoms with Crippen molar-refractivity contribution in [2.75, 3.05) is 0 Å². The van der Waals surface area contributed by atoms with E-state index >= 15 is 0 Å². The van der Waals surface area contributed by atoms with Crippen LogP contribution >= 0.6 is 23.1 Å². The molecule has 1 atom stereocenters. The van der Waals surface area contributed by atoms with Crippen molar-refractivity contribution < 1.29 is 0 Å². The normalized spacial score (nSPS) is 13.2. The second-order valence-corrected chi connectivity index (χ2v) is 14.0. The molecule has 0 aliphatic rings. The largest absolute Gasteiger partial charge is 0.152 e. The van der Waals surface area contributed by atoms with Crippen LogP contribution in [0.5, 0.6) is 0 Å². The minimum absolute atomic E-state index is 0.390. The van der Waals surface area contributed by atoms with Crippen molar-refractivity contribution in [2.24, 2.45) is 0 Å². The summed E-state index contributed by atoms with van der Waals surface area (Å²) >= 11 is 3.59. The van der Waals surface area contributed by atoms with E-state index in [9.17, 15) is 0 Å². The van der Waals surface area contributed by atoms with E-state index in [-0.39, 0.29) is 0 Å². The minimum atomic E-state index is -1.46. The van der Waals surface area contributed by atoms with E-state index < -0.39 is 8.07 Å². The van der Waals surface area contributed by atoms with Crippen molar-refractivity contribution >= 4 is 37.2 Å². The fourth-order valence-electron chi connectivity index (χ4n) is 2.65. The SMILES string of the molecule is C/C=C\SC(C)c1ccc(-c2ccsc2)c(C#C[Si](C)(C)C)c1/C=C\C. The second kappa shape index (κ2) is 9.46. The summed E-state index contributed by atoms with van der Waals surface area (Å²) in [5.41, 5.74) is 9.90. The number of thiophene rings is 1. The van der Waals surface area contributed by atoms with Crippen LogP contribution in [-0.2, 0) is 0 Å². The smallest absolute Gasteiger partial charge is 0.129 e. The van der Waals surface area contributed by atoms with E-state index in [0.717, 1.165) is 0 Å². The summed E-state index contributed by atoms with van der Waals surface area (Å²) in [5, 5.41) is 6.91. The summed E-state index contributed by atoms with van der Waals surface area (Å²) in [7, 11) is -1.46. The van der Waals surface area contributed by atoms with Gasteiger partial charge in [0.25, 0.3) is 0 Å². The van der Waals surface area contributed by atoms with Crippen LogP contribution < -0.4 is 0 Å². The van der Waals surface area contributed by atoms with Crippen LogP contribution in [0.15, 0.2) is 46.5 Å². The van der Waals surface area contributed by atoms with Crippen LogP contribution in [0, 0.1) is 11.5 Å². The molecule has 2 aromatic rings. The summed E-state index contributed by atoms with van der Waals surface area (Å²) in [6.45, 7) is 13.3. The second-order valence-electron chi connectivity index (χ2n) is 7.25. The number of allylic oxidation sites excluding steroid dienone is 2. The highest BCUT2D eigenvalue weighted by molar-refractivity contribution is 8.02. The molecule has 0 fully saturated rings. The Kier molecular flexibility index (Phi) is 7.58. The third kappa shape index (κ3) is 5.51. The Hall–Kier alpha value is -1.47. The van der Waals surface area contributed by atoms with Gasteiger partial charge < -0.3 is 0 Å². The van der Waals surface area contributed by atoms with Gasteiger partial charge in [-0.15, -0.1) is 17.3 Å². The van der Waals surface area contributed by atoms with E-state index in [1.165, 1.54) is 27.8 Å². The van der Waals surface area contributed by atoms with E-state index in [1.807, 2.05) is 11.8 Å². The van der Waals surface area contributed by atoms with Gasteiger partial charge in [-0.2, -0.15) is 11.3 Å². The first kappa shape index (κ1) is 20.8. The first-order valence-electron chi connectivity index (χ1n) is 8.99. The molecule has 0 radical (unpaired) electrons. The average molecular weight is 397 g/mol. The van der Waals surface area contributed by atoms with Gasteiger partial charge >= 0.3 is 0 Å². The number of hydrogen-bond acceptors (Lipinski definition) is 2. The molecule has 1 heterocycles. The zero-order valence-corrected chi connectivity index (χ0v) is 19.2. The Morgan fingerprint density at radius 1 is 1.12 bits per heavy atom. The van der Waals surface area contributed by atoms with E-state index in [1.54, 1.807) is 11.3 Å². The maximum Gasteiger partial charge on any atom is 0.129 e. The number of hydrogen-bond donors (Lipinski definition) is 0. The zero-order chi connectivity index (χ0) is 19.2. The molecule has 0 nitrogen and oxygen atoms in total. The maximum absolute atomic E-state index is 3.59. The predicted octanol–water partition coefficient (Wildman–Crippen LogP) is 8.00. The highest BCUT2D eigenvalue weighted by Gasteiger charge is 2.17. The lowest BCUT2D eigenvalue weighted by Gasteiger charge is -2.17.